The second-order valence-corrected chi connectivity index (χ2v) is 5.63. The molecular weight excluding hydrogens is 276 g/mol. The van der Waals surface area contributed by atoms with E-state index in [0.717, 1.165) is 18.2 Å². The maximum atomic E-state index is 11.8. The van der Waals surface area contributed by atoms with E-state index < -0.39 is 0 Å². The fraction of sp³-hybridized carbons (Fsp3) is 0.533. The van der Waals surface area contributed by atoms with Gasteiger partial charge < -0.3 is 15.0 Å². The Morgan fingerprint density at radius 2 is 2.10 bits per heavy atom. The van der Waals surface area contributed by atoms with Gasteiger partial charge >= 0.3 is 0 Å². The van der Waals surface area contributed by atoms with Crippen molar-refractivity contribution in [3.63, 3.8) is 0 Å². The van der Waals surface area contributed by atoms with E-state index in [0.29, 0.717) is 24.7 Å². The Balaban J connectivity index is 1.59. The molecule has 0 aromatic heterocycles. The topological polar surface area (TPSA) is 41.6 Å². The van der Waals surface area contributed by atoms with Crippen LogP contribution in [0, 0.1) is 5.92 Å². The molecule has 0 atom stereocenters. The molecule has 0 radical (unpaired) electrons. The predicted octanol–water partition coefficient (Wildman–Crippen LogP) is 2.18. The standard InChI is InChI=1S/C15H21ClN2O2/c1-18(15(19)11-17-10-12-2-3-12)8-9-20-14-6-4-13(16)5-7-14/h4-7,12,17H,2-3,8-11H2,1H3. The molecule has 1 aliphatic carbocycles. The molecule has 0 bridgehead atoms. The SMILES string of the molecule is CN(CCOc1ccc(Cl)cc1)C(=O)CNCC1CC1. The minimum Gasteiger partial charge on any atom is -0.492 e. The van der Waals surface area contributed by atoms with E-state index in [2.05, 4.69) is 5.32 Å². The molecular formula is C15H21ClN2O2. The molecule has 1 aromatic rings. The van der Waals surface area contributed by atoms with Gasteiger partial charge in [0.05, 0.1) is 13.1 Å². The molecule has 4 nitrogen and oxygen atoms in total. The first-order valence-corrected chi connectivity index (χ1v) is 7.36. The number of carbonyl (C=O) groups excluding carboxylic acids is 1. The third kappa shape index (κ3) is 5.39. The Kier molecular flexibility index (Phi) is 5.68. The highest BCUT2D eigenvalue weighted by Crippen LogP contribution is 2.27. The first kappa shape index (κ1) is 15.1. The van der Waals surface area contributed by atoms with E-state index >= 15 is 0 Å². The van der Waals surface area contributed by atoms with Gasteiger partial charge in [-0.05, 0) is 49.6 Å². The predicted molar refractivity (Wildman–Crippen MR) is 80.2 cm³/mol. The van der Waals surface area contributed by atoms with Gasteiger partial charge in [0.15, 0.2) is 0 Å². The lowest BCUT2D eigenvalue weighted by molar-refractivity contribution is -0.129. The third-order valence-electron chi connectivity index (χ3n) is 3.34. The van der Waals surface area contributed by atoms with Crippen molar-refractivity contribution in [2.75, 3.05) is 33.3 Å². The second kappa shape index (κ2) is 7.50. The molecule has 20 heavy (non-hydrogen) atoms. The number of hydrogen-bond donors (Lipinski definition) is 1. The van der Waals surface area contributed by atoms with Crippen molar-refractivity contribution in [1.82, 2.24) is 10.2 Å². The summed E-state index contributed by atoms with van der Waals surface area (Å²) in [5.41, 5.74) is 0. The number of carbonyl (C=O) groups is 1. The van der Waals surface area contributed by atoms with Crippen LogP contribution in [0.1, 0.15) is 12.8 Å². The van der Waals surface area contributed by atoms with Gasteiger partial charge in [-0.15, -0.1) is 0 Å². The van der Waals surface area contributed by atoms with Crippen LogP contribution in [-0.2, 0) is 4.79 Å². The molecule has 1 saturated carbocycles. The lowest BCUT2D eigenvalue weighted by atomic mass is 10.3. The van der Waals surface area contributed by atoms with Crippen molar-refractivity contribution in [3.8, 4) is 5.75 Å². The zero-order chi connectivity index (χ0) is 14.4. The molecule has 1 amide bonds. The molecule has 1 aromatic carbocycles. The van der Waals surface area contributed by atoms with Crippen molar-refractivity contribution in [1.29, 1.82) is 0 Å². The minimum atomic E-state index is 0.102. The summed E-state index contributed by atoms with van der Waals surface area (Å²) in [6.45, 7) is 2.42. The van der Waals surface area contributed by atoms with Crippen LogP contribution in [0.4, 0.5) is 0 Å². The van der Waals surface area contributed by atoms with Crippen molar-refractivity contribution in [3.05, 3.63) is 29.3 Å². The van der Waals surface area contributed by atoms with Crippen LogP contribution in [-0.4, -0.2) is 44.1 Å². The number of hydrogen-bond acceptors (Lipinski definition) is 3. The highest BCUT2D eigenvalue weighted by molar-refractivity contribution is 6.30. The van der Waals surface area contributed by atoms with Crippen molar-refractivity contribution < 1.29 is 9.53 Å². The number of halogens is 1. The lowest BCUT2D eigenvalue weighted by Gasteiger charge is -2.17. The molecule has 110 valence electrons. The maximum Gasteiger partial charge on any atom is 0.236 e. The number of nitrogens with zero attached hydrogens (tertiary/aromatic N) is 1. The van der Waals surface area contributed by atoms with Crippen LogP contribution in [0.25, 0.3) is 0 Å². The Morgan fingerprint density at radius 3 is 2.75 bits per heavy atom. The molecule has 1 aliphatic rings. The normalized spacial score (nSPS) is 14.1. The molecule has 2 rings (SSSR count). The molecule has 0 unspecified atom stereocenters. The van der Waals surface area contributed by atoms with E-state index in [9.17, 15) is 4.79 Å². The highest BCUT2D eigenvalue weighted by atomic mass is 35.5. The van der Waals surface area contributed by atoms with E-state index in [4.69, 9.17) is 16.3 Å². The Morgan fingerprint density at radius 1 is 1.40 bits per heavy atom. The summed E-state index contributed by atoms with van der Waals surface area (Å²) < 4.78 is 5.56. The first-order valence-electron chi connectivity index (χ1n) is 6.98. The molecule has 1 fully saturated rings. The number of nitrogens with one attached hydrogen (secondary N) is 1. The minimum absolute atomic E-state index is 0.102. The van der Waals surface area contributed by atoms with E-state index in [1.54, 1.807) is 24.1 Å². The smallest absolute Gasteiger partial charge is 0.236 e. The summed E-state index contributed by atoms with van der Waals surface area (Å²) >= 11 is 5.80. The number of benzene rings is 1. The van der Waals surface area contributed by atoms with Crippen LogP contribution in [0.15, 0.2) is 24.3 Å². The Hall–Kier alpha value is -1.26. The average molecular weight is 297 g/mol. The van der Waals surface area contributed by atoms with Gasteiger partial charge in [0.2, 0.25) is 5.91 Å². The van der Waals surface area contributed by atoms with Crippen LogP contribution in [0.5, 0.6) is 5.75 Å². The monoisotopic (exact) mass is 296 g/mol. The number of rotatable bonds is 8. The van der Waals surface area contributed by atoms with Gasteiger partial charge in [0.1, 0.15) is 12.4 Å². The summed E-state index contributed by atoms with van der Waals surface area (Å²) in [6, 6.07) is 7.21. The van der Waals surface area contributed by atoms with Gasteiger partial charge in [-0.1, -0.05) is 11.6 Å². The summed E-state index contributed by atoms with van der Waals surface area (Å²) in [5.74, 6) is 1.66. The fourth-order valence-corrected chi connectivity index (χ4v) is 1.92. The zero-order valence-electron chi connectivity index (χ0n) is 11.8. The quantitative estimate of drug-likeness (QED) is 0.799. The van der Waals surface area contributed by atoms with Crippen LogP contribution >= 0.6 is 11.6 Å². The van der Waals surface area contributed by atoms with Crippen LogP contribution < -0.4 is 10.1 Å². The molecule has 0 heterocycles. The third-order valence-corrected chi connectivity index (χ3v) is 3.59. The summed E-state index contributed by atoms with van der Waals surface area (Å²) in [6.07, 6.45) is 2.60. The van der Waals surface area contributed by atoms with Gasteiger partial charge in [0.25, 0.3) is 0 Å². The largest absolute Gasteiger partial charge is 0.492 e. The average Bonchev–Trinajstić information content (AvgIpc) is 3.25. The summed E-state index contributed by atoms with van der Waals surface area (Å²) in [5, 5.41) is 3.88. The molecule has 1 N–H and O–H groups in total. The van der Waals surface area contributed by atoms with Gasteiger partial charge in [-0.25, -0.2) is 0 Å². The maximum absolute atomic E-state index is 11.8. The Labute approximate surface area is 125 Å². The first-order chi connectivity index (χ1) is 9.65. The number of amides is 1. The lowest BCUT2D eigenvalue weighted by Crippen LogP contribution is -2.38. The molecule has 0 aliphatic heterocycles. The zero-order valence-corrected chi connectivity index (χ0v) is 12.5. The van der Waals surface area contributed by atoms with Crippen LogP contribution in [0.3, 0.4) is 0 Å². The van der Waals surface area contributed by atoms with Crippen LogP contribution in [0.2, 0.25) is 5.02 Å². The highest BCUT2D eigenvalue weighted by Gasteiger charge is 2.20. The van der Waals surface area contributed by atoms with E-state index in [1.807, 2.05) is 12.1 Å². The fourth-order valence-electron chi connectivity index (χ4n) is 1.80. The molecule has 0 spiro atoms. The Bertz CT molecular complexity index is 432. The number of likely N-dealkylation sites (N-methyl/N-ethyl adjacent to an activating group) is 1. The van der Waals surface area contributed by atoms with Crippen molar-refractivity contribution in [2.24, 2.45) is 5.92 Å². The summed E-state index contributed by atoms with van der Waals surface area (Å²) in [7, 11) is 1.80. The summed E-state index contributed by atoms with van der Waals surface area (Å²) in [4.78, 5) is 13.5. The van der Waals surface area contributed by atoms with Gasteiger partial charge in [-0.2, -0.15) is 0 Å². The molecule has 5 heteroatoms. The van der Waals surface area contributed by atoms with E-state index in [1.165, 1.54) is 12.8 Å². The van der Waals surface area contributed by atoms with Gasteiger partial charge in [-0.3, -0.25) is 4.79 Å². The van der Waals surface area contributed by atoms with Gasteiger partial charge in [0, 0.05) is 12.1 Å². The van der Waals surface area contributed by atoms with Crippen molar-refractivity contribution in [2.45, 2.75) is 12.8 Å². The van der Waals surface area contributed by atoms with Crippen molar-refractivity contribution >= 4 is 17.5 Å². The second-order valence-electron chi connectivity index (χ2n) is 5.19. The molecule has 0 saturated heterocycles. The van der Waals surface area contributed by atoms with E-state index in [-0.39, 0.29) is 5.91 Å². The number of ether oxygens (including phenoxy) is 1.